The Bertz CT molecular complexity index is 1210. The van der Waals surface area contributed by atoms with Crippen molar-refractivity contribution in [1.29, 1.82) is 5.26 Å². The molecule has 2 saturated heterocycles. The normalized spacial score (nSPS) is 18.3. The number of nitriles is 1. The fourth-order valence-electron chi connectivity index (χ4n) is 4.59. The molecule has 2 aliphatic rings. The maximum Gasteiger partial charge on any atom is 0.244 e. The van der Waals surface area contributed by atoms with Gasteiger partial charge in [0.25, 0.3) is 0 Å². The molecular formula is C26H32N4O4S. The minimum Gasteiger partial charge on any atom is -0.490 e. The van der Waals surface area contributed by atoms with E-state index in [0.29, 0.717) is 19.6 Å². The first-order valence-electron chi connectivity index (χ1n) is 12.0. The number of likely N-dealkylation sites (tertiary alicyclic amines) is 1. The number of benzene rings is 2. The zero-order valence-corrected chi connectivity index (χ0v) is 21.1. The van der Waals surface area contributed by atoms with Gasteiger partial charge in [0, 0.05) is 39.3 Å². The second-order valence-corrected chi connectivity index (χ2v) is 11.2. The summed E-state index contributed by atoms with van der Waals surface area (Å²) in [5, 5.41) is 9.27. The number of sulfonamides is 1. The molecule has 2 aliphatic heterocycles. The Labute approximate surface area is 207 Å². The van der Waals surface area contributed by atoms with Crippen molar-refractivity contribution in [3.63, 3.8) is 0 Å². The third-order valence-corrected chi connectivity index (χ3v) is 8.70. The van der Waals surface area contributed by atoms with Crippen molar-refractivity contribution < 1.29 is 17.9 Å². The minimum atomic E-state index is -3.77. The van der Waals surface area contributed by atoms with Gasteiger partial charge in [0.2, 0.25) is 15.9 Å². The molecule has 8 nitrogen and oxygen atoms in total. The standard InChI is InChI=1S/C26H32N4O4S/c1-20-7-8-21(2)24(17-20)34-23-9-11-28(12-10-23)19-26(31)29-13-15-30(16-14-29)35(32,33)25-6-4-3-5-22(25)18-27/h3-8,17,23H,9-16,19H2,1-2H3. The summed E-state index contributed by atoms with van der Waals surface area (Å²) in [6.07, 6.45) is 1.88. The summed E-state index contributed by atoms with van der Waals surface area (Å²) in [4.78, 5) is 16.8. The van der Waals surface area contributed by atoms with Crippen LogP contribution in [0.3, 0.4) is 0 Å². The molecule has 4 rings (SSSR count). The Kier molecular flexibility index (Phi) is 7.75. The number of hydrogen-bond acceptors (Lipinski definition) is 6. The smallest absolute Gasteiger partial charge is 0.244 e. The highest BCUT2D eigenvalue weighted by Gasteiger charge is 2.32. The van der Waals surface area contributed by atoms with Gasteiger partial charge in [-0.25, -0.2) is 8.42 Å². The van der Waals surface area contributed by atoms with Crippen LogP contribution >= 0.6 is 0 Å². The molecule has 186 valence electrons. The number of piperazine rings is 1. The third-order valence-electron chi connectivity index (χ3n) is 6.75. The summed E-state index contributed by atoms with van der Waals surface area (Å²) in [5.41, 5.74) is 2.44. The highest BCUT2D eigenvalue weighted by Crippen LogP contribution is 2.24. The second kappa shape index (κ2) is 10.8. The molecule has 35 heavy (non-hydrogen) atoms. The Morgan fingerprint density at radius 1 is 1.03 bits per heavy atom. The monoisotopic (exact) mass is 496 g/mol. The lowest BCUT2D eigenvalue weighted by Crippen LogP contribution is -2.53. The fraction of sp³-hybridized carbons (Fsp3) is 0.462. The van der Waals surface area contributed by atoms with Gasteiger partial charge in [0.05, 0.1) is 17.0 Å². The van der Waals surface area contributed by atoms with Crippen LogP contribution in [-0.2, 0) is 14.8 Å². The molecule has 0 aliphatic carbocycles. The van der Waals surface area contributed by atoms with Crippen molar-refractivity contribution in [3.05, 3.63) is 59.2 Å². The van der Waals surface area contributed by atoms with Crippen molar-refractivity contribution in [2.75, 3.05) is 45.8 Å². The molecule has 0 unspecified atom stereocenters. The average molecular weight is 497 g/mol. The molecule has 0 radical (unpaired) electrons. The summed E-state index contributed by atoms with van der Waals surface area (Å²) in [5.74, 6) is 0.957. The van der Waals surface area contributed by atoms with E-state index >= 15 is 0 Å². The first-order chi connectivity index (χ1) is 16.8. The van der Waals surface area contributed by atoms with E-state index in [1.165, 1.54) is 22.0 Å². The number of amides is 1. The maximum atomic E-state index is 13.0. The summed E-state index contributed by atoms with van der Waals surface area (Å²) >= 11 is 0. The van der Waals surface area contributed by atoms with Crippen molar-refractivity contribution in [2.24, 2.45) is 0 Å². The molecule has 0 N–H and O–H groups in total. The second-order valence-electron chi connectivity index (χ2n) is 9.26. The van der Waals surface area contributed by atoms with Crippen LogP contribution < -0.4 is 4.74 Å². The van der Waals surface area contributed by atoms with E-state index in [-0.39, 0.29) is 35.6 Å². The van der Waals surface area contributed by atoms with Crippen molar-refractivity contribution in [1.82, 2.24) is 14.1 Å². The molecular weight excluding hydrogens is 464 g/mol. The lowest BCUT2D eigenvalue weighted by molar-refractivity contribution is -0.134. The van der Waals surface area contributed by atoms with E-state index < -0.39 is 10.0 Å². The van der Waals surface area contributed by atoms with E-state index in [0.717, 1.165) is 37.2 Å². The van der Waals surface area contributed by atoms with Crippen LogP contribution in [-0.4, -0.2) is 80.3 Å². The van der Waals surface area contributed by atoms with Gasteiger partial charge in [-0.2, -0.15) is 9.57 Å². The zero-order valence-electron chi connectivity index (χ0n) is 20.3. The van der Waals surface area contributed by atoms with Crippen LogP contribution in [0.4, 0.5) is 0 Å². The number of nitrogens with zero attached hydrogens (tertiary/aromatic N) is 4. The molecule has 0 aromatic heterocycles. The lowest BCUT2D eigenvalue weighted by atomic mass is 10.1. The van der Waals surface area contributed by atoms with Crippen molar-refractivity contribution in [3.8, 4) is 11.8 Å². The predicted octanol–water partition coefficient (Wildman–Crippen LogP) is 2.55. The topological polar surface area (TPSA) is 93.9 Å². The number of hydrogen-bond donors (Lipinski definition) is 0. The quantitative estimate of drug-likeness (QED) is 0.610. The summed E-state index contributed by atoms with van der Waals surface area (Å²) < 4.78 is 33.6. The summed E-state index contributed by atoms with van der Waals surface area (Å²) in [6.45, 7) is 7.16. The minimum absolute atomic E-state index is 0.0215. The molecule has 2 aromatic carbocycles. The van der Waals surface area contributed by atoms with E-state index in [4.69, 9.17) is 4.74 Å². The van der Waals surface area contributed by atoms with E-state index in [1.54, 1.807) is 17.0 Å². The van der Waals surface area contributed by atoms with Gasteiger partial charge < -0.3 is 9.64 Å². The maximum absolute atomic E-state index is 13.0. The number of aryl methyl sites for hydroxylation is 2. The Hall–Kier alpha value is -2.93. The molecule has 2 aromatic rings. The van der Waals surface area contributed by atoms with Crippen LogP contribution in [0.25, 0.3) is 0 Å². The number of carbonyl (C=O) groups excluding carboxylic acids is 1. The first-order valence-corrected chi connectivity index (χ1v) is 13.5. The van der Waals surface area contributed by atoms with Crippen LogP contribution in [0.15, 0.2) is 47.4 Å². The molecule has 0 spiro atoms. The molecule has 0 bridgehead atoms. The number of rotatable bonds is 6. The fourth-order valence-corrected chi connectivity index (χ4v) is 6.16. The molecule has 0 atom stereocenters. The molecule has 2 fully saturated rings. The van der Waals surface area contributed by atoms with Gasteiger partial charge in [0.15, 0.2) is 0 Å². The van der Waals surface area contributed by atoms with E-state index in [2.05, 4.69) is 36.9 Å². The third kappa shape index (κ3) is 5.84. The lowest BCUT2D eigenvalue weighted by Gasteiger charge is -2.36. The first kappa shape index (κ1) is 25.2. The highest BCUT2D eigenvalue weighted by atomic mass is 32.2. The molecule has 2 heterocycles. The largest absolute Gasteiger partial charge is 0.490 e. The van der Waals surface area contributed by atoms with Crippen LogP contribution in [0, 0.1) is 25.2 Å². The SMILES string of the molecule is Cc1ccc(C)c(OC2CCN(CC(=O)N3CCN(S(=O)(=O)c4ccccc4C#N)CC3)CC2)c1. The van der Waals surface area contributed by atoms with Gasteiger partial charge in [-0.05, 0) is 56.0 Å². The van der Waals surface area contributed by atoms with E-state index in [1.807, 2.05) is 6.07 Å². The molecule has 9 heteroatoms. The highest BCUT2D eigenvalue weighted by molar-refractivity contribution is 7.89. The van der Waals surface area contributed by atoms with Gasteiger partial charge in [-0.1, -0.05) is 24.3 Å². The zero-order chi connectivity index (χ0) is 25.0. The number of piperidine rings is 1. The Morgan fingerprint density at radius 3 is 2.40 bits per heavy atom. The van der Waals surface area contributed by atoms with Gasteiger partial charge in [-0.3, -0.25) is 9.69 Å². The van der Waals surface area contributed by atoms with Gasteiger partial charge in [-0.15, -0.1) is 0 Å². The van der Waals surface area contributed by atoms with Gasteiger partial charge in [0.1, 0.15) is 17.9 Å². The van der Waals surface area contributed by atoms with E-state index in [9.17, 15) is 18.5 Å². The van der Waals surface area contributed by atoms with Crippen LogP contribution in [0.1, 0.15) is 29.5 Å². The van der Waals surface area contributed by atoms with Crippen LogP contribution in [0.2, 0.25) is 0 Å². The number of carbonyl (C=O) groups is 1. The van der Waals surface area contributed by atoms with Crippen molar-refractivity contribution >= 4 is 15.9 Å². The average Bonchev–Trinajstić information content (AvgIpc) is 2.87. The Morgan fingerprint density at radius 2 is 1.71 bits per heavy atom. The van der Waals surface area contributed by atoms with Crippen LogP contribution in [0.5, 0.6) is 5.75 Å². The van der Waals surface area contributed by atoms with Crippen molar-refractivity contribution in [2.45, 2.75) is 37.7 Å². The molecule has 1 amide bonds. The molecule has 0 saturated carbocycles. The summed E-state index contributed by atoms with van der Waals surface area (Å²) in [7, 11) is -3.77. The van der Waals surface area contributed by atoms with Gasteiger partial charge >= 0.3 is 0 Å². The predicted molar refractivity (Wildman–Crippen MR) is 133 cm³/mol. The number of ether oxygens (including phenoxy) is 1. The Balaban J connectivity index is 1.25. The summed E-state index contributed by atoms with van der Waals surface area (Å²) in [6, 6.07) is 14.4.